The molecule has 1 atom stereocenters. The molecule has 0 saturated heterocycles. The highest BCUT2D eigenvalue weighted by Gasteiger charge is 2.21. The quantitative estimate of drug-likeness (QED) is 0.769. The van der Waals surface area contributed by atoms with Crippen LogP contribution in [0.3, 0.4) is 0 Å². The summed E-state index contributed by atoms with van der Waals surface area (Å²) in [5.41, 5.74) is 2.52. The molecule has 2 heterocycles. The second-order valence-electron chi connectivity index (χ2n) is 3.68. The zero-order valence-electron chi connectivity index (χ0n) is 7.63. The predicted octanol–water partition coefficient (Wildman–Crippen LogP) is 2.66. The first-order valence-corrected chi connectivity index (χ1v) is 5.99. The Labute approximate surface area is 92.3 Å². The molecule has 0 saturated carbocycles. The van der Waals surface area contributed by atoms with Crippen LogP contribution in [0.5, 0.6) is 0 Å². The van der Waals surface area contributed by atoms with Gasteiger partial charge in [-0.05, 0) is 34.7 Å². The van der Waals surface area contributed by atoms with E-state index in [-0.39, 0.29) is 0 Å². The first-order valence-electron chi connectivity index (χ1n) is 4.57. The van der Waals surface area contributed by atoms with E-state index in [1.165, 1.54) is 12.1 Å². The molecule has 1 aromatic heterocycles. The van der Waals surface area contributed by atoms with Crippen LogP contribution in [0.4, 0.5) is 0 Å². The molecular weight excluding hydrogens is 248 g/mol. The van der Waals surface area contributed by atoms with Crippen LogP contribution in [0.25, 0.3) is 0 Å². The van der Waals surface area contributed by atoms with Gasteiger partial charge in [-0.25, -0.2) is 4.98 Å². The van der Waals surface area contributed by atoms with Crippen molar-refractivity contribution in [2.45, 2.75) is 32.1 Å². The summed E-state index contributed by atoms with van der Waals surface area (Å²) in [7, 11) is 0. The molecule has 0 spiro atoms. The average molecular weight is 261 g/mol. The Morgan fingerprint density at radius 2 is 2.46 bits per heavy atom. The highest BCUT2D eigenvalue weighted by atomic mass is 79.9. The maximum Gasteiger partial charge on any atom is 0.177 e. The van der Waals surface area contributed by atoms with Gasteiger partial charge < -0.3 is 4.57 Å². The molecule has 13 heavy (non-hydrogen) atoms. The minimum absolute atomic E-state index is 0.744. The summed E-state index contributed by atoms with van der Waals surface area (Å²) in [6.07, 6.45) is 2.41. The Kier molecular flexibility index (Phi) is 2.70. The first kappa shape index (κ1) is 9.59. The molecule has 0 N–H and O–H groups in total. The number of thiol groups is 1. The molecule has 0 fully saturated rings. The first-order chi connectivity index (χ1) is 6.22. The summed E-state index contributed by atoms with van der Waals surface area (Å²) >= 11 is 7.77. The molecule has 72 valence electrons. The molecule has 2 rings (SSSR count). The summed E-state index contributed by atoms with van der Waals surface area (Å²) in [5, 5.41) is 0. The van der Waals surface area contributed by atoms with Gasteiger partial charge in [0, 0.05) is 18.0 Å². The van der Waals surface area contributed by atoms with E-state index in [1.54, 1.807) is 0 Å². The number of imidazole rings is 1. The third kappa shape index (κ3) is 1.66. The Bertz CT molecular complexity index is 322. The molecular formula is C9H13BrN2S. The van der Waals surface area contributed by atoms with Gasteiger partial charge in [-0.2, -0.15) is 12.6 Å². The van der Waals surface area contributed by atoms with E-state index in [9.17, 15) is 0 Å². The van der Waals surface area contributed by atoms with Crippen LogP contribution in [0.2, 0.25) is 0 Å². The number of fused-ring (bicyclic) bond motifs is 1. The number of hydrogen-bond donors (Lipinski definition) is 1. The zero-order chi connectivity index (χ0) is 9.42. The van der Waals surface area contributed by atoms with Gasteiger partial charge in [0.15, 0.2) is 4.73 Å². The topological polar surface area (TPSA) is 17.8 Å². The van der Waals surface area contributed by atoms with Crippen LogP contribution >= 0.6 is 28.6 Å². The summed E-state index contributed by atoms with van der Waals surface area (Å²) in [6.45, 7) is 3.39. The van der Waals surface area contributed by atoms with Crippen LogP contribution in [0, 0.1) is 5.92 Å². The molecule has 4 heteroatoms. The monoisotopic (exact) mass is 260 g/mol. The van der Waals surface area contributed by atoms with Crippen molar-refractivity contribution in [1.29, 1.82) is 0 Å². The summed E-state index contributed by atoms with van der Waals surface area (Å²) in [6, 6.07) is 0. The van der Waals surface area contributed by atoms with Crippen molar-refractivity contribution in [3.05, 3.63) is 16.1 Å². The second-order valence-corrected chi connectivity index (χ2v) is 4.71. The third-order valence-electron chi connectivity index (χ3n) is 2.65. The zero-order valence-corrected chi connectivity index (χ0v) is 10.1. The molecule has 1 aliphatic rings. The molecule has 1 aliphatic heterocycles. The number of nitrogens with zero attached hydrogens (tertiary/aromatic N) is 2. The fraction of sp³-hybridized carbons (Fsp3) is 0.667. The van der Waals surface area contributed by atoms with E-state index in [2.05, 4.69) is 45.0 Å². The lowest BCUT2D eigenvalue weighted by Crippen LogP contribution is -2.17. The standard InChI is InChI=1S/C9H13BrN2S/c1-6-2-3-12-8(4-6)7(5-13)11-9(12)10/h6,13H,2-5H2,1H3. The van der Waals surface area contributed by atoms with Gasteiger partial charge in [0.05, 0.1) is 5.69 Å². The average Bonchev–Trinajstić information content (AvgIpc) is 2.42. The lowest BCUT2D eigenvalue weighted by atomic mass is 9.97. The third-order valence-corrected chi connectivity index (χ3v) is 3.55. The van der Waals surface area contributed by atoms with Gasteiger partial charge in [-0.3, -0.25) is 0 Å². The Hall–Kier alpha value is 0.0400. The van der Waals surface area contributed by atoms with Crippen LogP contribution in [0.15, 0.2) is 4.73 Å². The maximum atomic E-state index is 4.45. The summed E-state index contributed by atoms with van der Waals surface area (Å²) in [5.74, 6) is 1.53. The van der Waals surface area contributed by atoms with E-state index < -0.39 is 0 Å². The molecule has 1 aromatic rings. The largest absolute Gasteiger partial charge is 0.322 e. The Balaban J connectivity index is 2.43. The van der Waals surface area contributed by atoms with Gasteiger partial charge in [-0.1, -0.05) is 6.92 Å². The molecule has 1 unspecified atom stereocenters. The molecule has 2 nitrogen and oxygen atoms in total. The van der Waals surface area contributed by atoms with Crippen molar-refractivity contribution < 1.29 is 0 Å². The molecule has 0 radical (unpaired) electrons. The highest BCUT2D eigenvalue weighted by molar-refractivity contribution is 9.10. The van der Waals surface area contributed by atoms with Crippen molar-refractivity contribution in [2.24, 2.45) is 5.92 Å². The molecule has 0 amide bonds. The fourth-order valence-corrected chi connectivity index (χ4v) is 2.73. The number of halogens is 1. The number of rotatable bonds is 1. The lowest BCUT2D eigenvalue weighted by molar-refractivity contribution is 0.411. The van der Waals surface area contributed by atoms with Crippen molar-refractivity contribution in [1.82, 2.24) is 9.55 Å². The van der Waals surface area contributed by atoms with Crippen molar-refractivity contribution >= 4 is 28.6 Å². The second kappa shape index (κ2) is 3.65. The van der Waals surface area contributed by atoms with Gasteiger partial charge in [0.1, 0.15) is 0 Å². The van der Waals surface area contributed by atoms with Crippen LogP contribution < -0.4 is 0 Å². The minimum Gasteiger partial charge on any atom is -0.322 e. The molecule has 0 bridgehead atoms. The van der Waals surface area contributed by atoms with E-state index >= 15 is 0 Å². The van der Waals surface area contributed by atoms with E-state index in [0.717, 1.165) is 35.1 Å². The molecule has 0 aromatic carbocycles. The van der Waals surface area contributed by atoms with E-state index in [0.29, 0.717) is 0 Å². The SMILES string of the molecule is CC1CCn2c(Br)nc(CS)c2C1. The van der Waals surface area contributed by atoms with Gasteiger partial charge in [-0.15, -0.1) is 0 Å². The summed E-state index contributed by atoms with van der Waals surface area (Å²) in [4.78, 5) is 4.45. The number of aromatic nitrogens is 2. The van der Waals surface area contributed by atoms with Crippen LogP contribution in [0.1, 0.15) is 24.7 Å². The molecule has 0 aliphatic carbocycles. The normalized spacial score (nSPS) is 21.6. The van der Waals surface area contributed by atoms with Crippen molar-refractivity contribution in [3.63, 3.8) is 0 Å². The smallest absolute Gasteiger partial charge is 0.177 e. The van der Waals surface area contributed by atoms with Gasteiger partial charge in [0.25, 0.3) is 0 Å². The van der Waals surface area contributed by atoms with Crippen molar-refractivity contribution in [2.75, 3.05) is 0 Å². The lowest BCUT2D eigenvalue weighted by Gasteiger charge is -2.21. The van der Waals surface area contributed by atoms with E-state index in [1.807, 2.05) is 0 Å². The Morgan fingerprint density at radius 3 is 3.15 bits per heavy atom. The predicted molar refractivity (Wildman–Crippen MR) is 60.1 cm³/mol. The van der Waals surface area contributed by atoms with Crippen LogP contribution in [-0.4, -0.2) is 9.55 Å². The minimum atomic E-state index is 0.744. The van der Waals surface area contributed by atoms with Gasteiger partial charge >= 0.3 is 0 Å². The van der Waals surface area contributed by atoms with Crippen LogP contribution in [-0.2, 0) is 18.7 Å². The Morgan fingerprint density at radius 1 is 1.69 bits per heavy atom. The van der Waals surface area contributed by atoms with Gasteiger partial charge in [0.2, 0.25) is 0 Å². The highest BCUT2D eigenvalue weighted by Crippen LogP contribution is 2.27. The van der Waals surface area contributed by atoms with E-state index in [4.69, 9.17) is 0 Å². The fourth-order valence-electron chi connectivity index (χ4n) is 1.87. The number of hydrogen-bond acceptors (Lipinski definition) is 2. The van der Waals surface area contributed by atoms with Crippen molar-refractivity contribution in [3.8, 4) is 0 Å². The maximum absolute atomic E-state index is 4.45. The summed E-state index contributed by atoms with van der Waals surface area (Å²) < 4.78 is 3.24.